The molecule has 1 atom stereocenters. The van der Waals surface area contributed by atoms with E-state index in [4.69, 9.17) is 4.74 Å². The van der Waals surface area contributed by atoms with Gasteiger partial charge in [-0.1, -0.05) is 0 Å². The highest BCUT2D eigenvalue weighted by atomic mass is 16.6. The highest BCUT2D eigenvalue weighted by Crippen LogP contribution is 2.28. The van der Waals surface area contributed by atoms with Crippen LogP contribution in [-0.4, -0.2) is 11.6 Å². The van der Waals surface area contributed by atoms with Gasteiger partial charge < -0.3 is 9.72 Å². The molecule has 8 heavy (non-hydrogen) atoms. The van der Waals surface area contributed by atoms with Gasteiger partial charge in [0.15, 0.2) is 0 Å². The van der Waals surface area contributed by atoms with E-state index in [1.54, 1.807) is 0 Å². The van der Waals surface area contributed by atoms with Gasteiger partial charge >= 0.3 is 0 Å². The summed E-state index contributed by atoms with van der Waals surface area (Å²) in [5.41, 5.74) is 1.27. The zero-order valence-electron chi connectivity index (χ0n) is 4.42. The van der Waals surface area contributed by atoms with Gasteiger partial charge in [0.2, 0.25) is 0 Å². The number of epoxide rings is 1. The molecule has 2 heterocycles. The SMILES string of the molecule is c1cc([C@H]2CO2)c[nH]1. The lowest BCUT2D eigenvalue weighted by Crippen LogP contribution is -1.69. The number of hydrogen-bond acceptors (Lipinski definition) is 1. The van der Waals surface area contributed by atoms with Gasteiger partial charge in [0.1, 0.15) is 6.10 Å². The third-order valence-corrected chi connectivity index (χ3v) is 1.33. The Morgan fingerprint density at radius 3 is 3.12 bits per heavy atom. The van der Waals surface area contributed by atoms with Gasteiger partial charge in [0, 0.05) is 18.0 Å². The summed E-state index contributed by atoms with van der Waals surface area (Å²) in [7, 11) is 0. The van der Waals surface area contributed by atoms with Crippen molar-refractivity contribution in [3.63, 3.8) is 0 Å². The van der Waals surface area contributed by atoms with E-state index in [0.29, 0.717) is 6.10 Å². The van der Waals surface area contributed by atoms with Crippen molar-refractivity contribution in [1.29, 1.82) is 0 Å². The van der Waals surface area contributed by atoms with Gasteiger partial charge in [-0.2, -0.15) is 0 Å². The van der Waals surface area contributed by atoms with Crippen LogP contribution in [0.4, 0.5) is 0 Å². The van der Waals surface area contributed by atoms with Gasteiger partial charge in [-0.15, -0.1) is 0 Å². The molecule has 0 unspecified atom stereocenters. The summed E-state index contributed by atoms with van der Waals surface area (Å²) in [6.07, 6.45) is 4.29. The Morgan fingerprint density at radius 1 is 1.75 bits per heavy atom. The largest absolute Gasteiger partial charge is 0.368 e. The first-order chi connectivity index (χ1) is 3.97. The molecule has 2 rings (SSSR count). The molecule has 2 nitrogen and oxygen atoms in total. The van der Waals surface area contributed by atoms with Crippen LogP contribution >= 0.6 is 0 Å². The second kappa shape index (κ2) is 1.36. The maximum atomic E-state index is 5.03. The van der Waals surface area contributed by atoms with Gasteiger partial charge in [-0.3, -0.25) is 0 Å². The minimum atomic E-state index is 0.404. The second-order valence-electron chi connectivity index (χ2n) is 1.97. The van der Waals surface area contributed by atoms with Crippen molar-refractivity contribution in [2.75, 3.05) is 6.61 Å². The van der Waals surface area contributed by atoms with Crippen LogP contribution < -0.4 is 0 Å². The molecule has 0 saturated carbocycles. The highest BCUT2D eigenvalue weighted by Gasteiger charge is 2.24. The fraction of sp³-hybridized carbons (Fsp3) is 0.333. The zero-order valence-corrected chi connectivity index (χ0v) is 4.42. The average molecular weight is 109 g/mol. The molecule has 1 aromatic heterocycles. The smallest absolute Gasteiger partial charge is 0.107 e. The fourth-order valence-corrected chi connectivity index (χ4v) is 0.778. The summed E-state index contributed by atoms with van der Waals surface area (Å²) in [5, 5.41) is 0. The number of ether oxygens (including phenoxy) is 1. The van der Waals surface area contributed by atoms with Crippen LogP contribution in [0.25, 0.3) is 0 Å². The van der Waals surface area contributed by atoms with Gasteiger partial charge in [-0.05, 0) is 6.07 Å². The first kappa shape index (κ1) is 4.15. The summed E-state index contributed by atoms with van der Waals surface area (Å²) in [4.78, 5) is 2.97. The molecule has 1 N–H and O–H groups in total. The lowest BCUT2D eigenvalue weighted by Gasteiger charge is -1.79. The molecular formula is C6H7NO. The zero-order chi connectivity index (χ0) is 5.40. The molecule has 0 bridgehead atoms. The van der Waals surface area contributed by atoms with Crippen molar-refractivity contribution in [3.05, 3.63) is 24.0 Å². The first-order valence-electron chi connectivity index (χ1n) is 2.71. The molecule has 42 valence electrons. The molecular weight excluding hydrogens is 102 g/mol. The Hall–Kier alpha value is -0.760. The quantitative estimate of drug-likeness (QED) is 0.537. The molecule has 1 aliphatic heterocycles. The minimum Gasteiger partial charge on any atom is -0.368 e. The molecule has 1 aliphatic rings. The van der Waals surface area contributed by atoms with E-state index in [1.165, 1.54) is 5.56 Å². The summed E-state index contributed by atoms with van der Waals surface area (Å²) in [6.45, 7) is 0.901. The van der Waals surface area contributed by atoms with E-state index in [9.17, 15) is 0 Å². The van der Waals surface area contributed by atoms with E-state index < -0.39 is 0 Å². The molecule has 1 fully saturated rings. The van der Waals surface area contributed by atoms with Crippen molar-refractivity contribution < 1.29 is 4.74 Å². The molecule has 1 saturated heterocycles. The fourth-order valence-electron chi connectivity index (χ4n) is 0.778. The number of hydrogen-bond donors (Lipinski definition) is 1. The Balaban J connectivity index is 2.28. The van der Waals surface area contributed by atoms with Crippen LogP contribution in [0.3, 0.4) is 0 Å². The van der Waals surface area contributed by atoms with Gasteiger partial charge in [0.25, 0.3) is 0 Å². The monoisotopic (exact) mass is 109 g/mol. The highest BCUT2D eigenvalue weighted by molar-refractivity contribution is 5.15. The van der Waals surface area contributed by atoms with Gasteiger partial charge in [-0.25, -0.2) is 0 Å². The van der Waals surface area contributed by atoms with Crippen LogP contribution in [0, 0.1) is 0 Å². The maximum absolute atomic E-state index is 5.03. The lowest BCUT2D eigenvalue weighted by molar-refractivity contribution is 0.416. The normalized spacial score (nSPS) is 25.8. The van der Waals surface area contributed by atoms with E-state index in [2.05, 4.69) is 4.98 Å². The third kappa shape index (κ3) is 0.537. The molecule has 0 aliphatic carbocycles. The van der Waals surface area contributed by atoms with E-state index in [1.807, 2.05) is 18.5 Å². The molecule has 0 radical (unpaired) electrons. The van der Waals surface area contributed by atoms with E-state index >= 15 is 0 Å². The number of H-pyrrole nitrogens is 1. The summed E-state index contributed by atoms with van der Waals surface area (Å²) >= 11 is 0. The van der Waals surface area contributed by atoms with Crippen LogP contribution in [0.2, 0.25) is 0 Å². The molecule has 0 amide bonds. The van der Waals surface area contributed by atoms with Crippen LogP contribution in [0.1, 0.15) is 11.7 Å². The van der Waals surface area contributed by atoms with Crippen LogP contribution in [0.5, 0.6) is 0 Å². The van der Waals surface area contributed by atoms with Crippen molar-refractivity contribution in [3.8, 4) is 0 Å². The molecule has 2 heteroatoms. The standard InChI is InChI=1S/C6H7NO/c1-2-7-3-5(1)6-4-8-6/h1-3,6-7H,4H2/t6-/m1/s1. The Kier molecular flexibility index (Phi) is 0.704. The number of aromatic nitrogens is 1. The third-order valence-electron chi connectivity index (χ3n) is 1.33. The van der Waals surface area contributed by atoms with Crippen LogP contribution in [0.15, 0.2) is 18.5 Å². The topological polar surface area (TPSA) is 28.3 Å². The summed E-state index contributed by atoms with van der Waals surface area (Å²) in [5.74, 6) is 0. The van der Waals surface area contributed by atoms with Crippen LogP contribution in [-0.2, 0) is 4.74 Å². The molecule has 0 aromatic carbocycles. The van der Waals surface area contributed by atoms with Crippen molar-refractivity contribution >= 4 is 0 Å². The number of rotatable bonds is 1. The Labute approximate surface area is 47.5 Å². The van der Waals surface area contributed by atoms with Crippen molar-refractivity contribution in [2.45, 2.75) is 6.10 Å². The summed E-state index contributed by atoms with van der Waals surface area (Å²) in [6, 6.07) is 2.04. The van der Waals surface area contributed by atoms with Gasteiger partial charge in [0.05, 0.1) is 6.61 Å². The molecule has 1 aromatic rings. The maximum Gasteiger partial charge on any atom is 0.107 e. The van der Waals surface area contributed by atoms with Crippen molar-refractivity contribution in [1.82, 2.24) is 4.98 Å². The van der Waals surface area contributed by atoms with E-state index in [0.717, 1.165) is 6.61 Å². The predicted molar refractivity (Wildman–Crippen MR) is 29.5 cm³/mol. The summed E-state index contributed by atoms with van der Waals surface area (Å²) < 4.78 is 5.03. The first-order valence-corrected chi connectivity index (χ1v) is 2.71. The molecule has 0 spiro atoms. The minimum absolute atomic E-state index is 0.404. The lowest BCUT2D eigenvalue weighted by atomic mass is 10.3. The Bertz CT molecular complexity index is 165. The van der Waals surface area contributed by atoms with Crippen molar-refractivity contribution in [2.24, 2.45) is 0 Å². The predicted octanol–water partition coefficient (Wildman–Crippen LogP) is 1.09. The average Bonchev–Trinajstić information content (AvgIpc) is 2.49. The number of nitrogens with one attached hydrogen (secondary N) is 1. The number of aromatic amines is 1. The Morgan fingerprint density at radius 2 is 2.62 bits per heavy atom. The second-order valence-corrected chi connectivity index (χ2v) is 1.97. The van der Waals surface area contributed by atoms with E-state index in [-0.39, 0.29) is 0 Å².